The Morgan fingerprint density at radius 2 is 0.811 bits per heavy atom. The third-order valence-electron chi connectivity index (χ3n) is 11.5. The molecule has 0 spiro atoms. The van der Waals surface area contributed by atoms with Gasteiger partial charge in [-0.15, -0.1) is 0 Å². The number of hydrogen-bond donors (Lipinski definition) is 0. The molecule has 0 radical (unpaired) electrons. The number of urea groups is 1. The summed E-state index contributed by atoms with van der Waals surface area (Å²) in [5.74, 6) is 0. The Kier molecular flexibility index (Phi) is 5.71. The van der Waals surface area contributed by atoms with E-state index in [0.29, 0.717) is 12.1 Å². The number of amides is 2. The molecule has 2 atom stereocenters. The predicted octanol–water partition coefficient (Wildman–Crippen LogP) is 2.72. The van der Waals surface area contributed by atoms with Crippen LogP contribution in [-0.2, 0) is 0 Å². The summed E-state index contributed by atoms with van der Waals surface area (Å²) in [4.78, 5) is 33.8. The van der Waals surface area contributed by atoms with Gasteiger partial charge in [0, 0.05) is 34.2 Å². The van der Waals surface area contributed by atoms with E-state index in [1.807, 2.05) is 0 Å². The summed E-state index contributed by atoms with van der Waals surface area (Å²) in [6, 6.07) is 1.20. The molecule has 0 aromatic carbocycles. The first kappa shape index (κ1) is 26.3. The van der Waals surface area contributed by atoms with Gasteiger partial charge < -0.3 is 0 Å². The topological polar surface area (TPSA) is 43.0 Å². The molecular weight excluding hydrogens is 464 g/mol. The largest absolute Gasteiger partial charge is 0.324 e. The lowest BCUT2D eigenvalue weighted by molar-refractivity contribution is -0.103. The number of piperidine rings is 2. The number of rotatable bonds is 2. The lowest BCUT2D eigenvalue weighted by atomic mass is 9.77. The van der Waals surface area contributed by atoms with Crippen LogP contribution in [0.4, 0.5) is 4.79 Å². The molecule has 210 valence electrons. The summed E-state index contributed by atoms with van der Waals surface area (Å²) in [6.45, 7) is 23.4. The van der Waals surface area contributed by atoms with E-state index in [2.05, 4.69) is 109 Å². The number of carbonyl (C=O) groups is 1. The highest BCUT2D eigenvalue weighted by Gasteiger charge is 2.61. The van der Waals surface area contributed by atoms with E-state index in [-0.39, 0.29) is 40.5 Å². The second-order valence-corrected chi connectivity index (χ2v) is 15.6. The average Bonchev–Trinajstić information content (AvgIpc) is 3.30. The molecule has 6 heterocycles. The molecule has 0 aliphatic carbocycles. The van der Waals surface area contributed by atoms with Crippen molar-refractivity contribution in [2.75, 3.05) is 47.4 Å². The molecule has 37 heavy (non-hydrogen) atoms. The smallest absolute Gasteiger partial charge is 0.296 e. The Balaban J connectivity index is 1.21. The molecule has 0 aromatic heterocycles. The molecule has 9 heteroatoms. The molecule has 6 aliphatic rings. The van der Waals surface area contributed by atoms with Crippen molar-refractivity contribution < 1.29 is 4.79 Å². The molecule has 6 rings (SSSR count). The third-order valence-corrected chi connectivity index (χ3v) is 11.5. The maximum absolute atomic E-state index is 13.9. The van der Waals surface area contributed by atoms with E-state index in [4.69, 9.17) is 0 Å². The van der Waals surface area contributed by atoms with Crippen LogP contribution in [0.25, 0.3) is 0 Å². The minimum Gasteiger partial charge on any atom is -0.296 e. The van der Waals surface area contributed by atoms with E-state index in [0.717, 1.165) is 59.0 Å². The van der Waals surface area contributed by atoms with Gasteiger partial charge in [0.15, 0.2) is 0 Å². The zero-order valence-electron chi connectivity index (χ0n) is 25.2. The molecule has 6 aliphatic heterocycles. The van der Waals surface area contributed by atoms with Crippen molar-refractivity contribution in [1.82, 2.24) is 39.2 Å². The molecule has 0 aromatic rings. The predicted molar refractivity (Wildman–Crippen MR) is 146 cm³/mol. The van der Waals surface area contributed by atoms with Crippen molar-refractivity contribution in [1.29, 1.82) is 0 Å². The van der Waals surface area contributed by atoms with Crippen LogP contribution in [0.1, 0.15) is 81.1 Å². The Bertz CT molecular complexity index is 840. The van der Waals surface area contributed by atoms with Gasteiger partial charge in [0.2, 0.25) is 0 Å². The number of nitrogens with zero attached hydrogens (tertiary/aromatic N) is 8. The Morgan fingerprint density at radius 1 is 0.514 bits per heavy atom. The summed E-state index contributed by atoms with van der Waals surface area (Å²) in [5.41, 5.74) is 0.577. The first-order valence-electron chi connectivity index (χ1n) is 14.5. The van der Waals surface area contributed by atoms with Gasteiger partial charge in [0.1, 0.15) is 12.3 Å². The zero-order chi connectivity index (χ0) is 26.9. The summed E-state index contributed by atoms with van der Waals surface area (Å²) < 4.78 is 0. The standard InChI is InChI=1S/C28H52N8O/c1-25(2)11-20(12-26(3,4)29(25)9)31-15-33-17-34-16-32(19-36-23(34)22(33)35(18-31)24(36)37)21-13-27(5,6)30(10)28(7,8)14-21/h20-23H,11-19H2,1-10H3. The summed E-state index contributed by atoms with van der Waals surface area (Å²) in [6.07, 6.45) is 4.95. The van der Waals surface area contributed by atoms with Crippen LogP contribution < -0.4 is 0 Å². The van der Waals surface area contributed by atoms with Gasteiger partial charge in [-0.05, 0) is 95.2 Å². The first-order chi connectivity index (χ1) is 17.0. The molecule has 0 N–H and O–H groups in total. The Hall–Kier alpha value is -0.970. The van der Waals surface area contributed by atoms with Gasteiger partial charge in [0.05, 0.1) is 33.3 Å². The Morgan fingerprint density at radius 3 is 1.14 bits per heavy atom. The quantitative estimate of drug-likeness (QED) is 0.559. The summed E-state index contributed by atoms with van der Waals surface area (Å²) in [5, 5.41) is 0. The molecule has 0 bridgehead atoms. The lowest BCUT2D eigenvalue weighted by Gasteiger charge is -2.57. The molecule has 6 saturated heterocycles. The van der Waals surface area contributed by atoms with Crippen LogP contribution >= 0.6 is 0 Å². The normalized spacial score (nSPS) is 37.5. The summed E-state index contributed by atoms with van der Waals surface area (Å²) in [7, 11) is 4.55. The molecule has 2 unspecified atom stereocenters. The van der Waals surface area contributed by atoms with Crippen molar-refractivity contribution in [3.8, 4) is 0 Å². The second-order valence-electron chi connectivity index (χ2n) is 15.6. The van der Waals surface area contributed by atoms with Gasteiger partial charge in [-0.25, -0.2) is 4.79 Å². The van der Waals surface area contributed by atoms with Gasteiger partial charge in [0.25, 0.3) is 0 Å². The minimum atomic E-state index is 0.144. The molecular formula is C28H52N8O. The highest BCUT2D eigenvalue weighted by Crippen LogP contribution is 2.45. The Labute approximate surface area is 225 Å². The van der Waals surface area contributed by atoms with Gasteiger partial charge in [-0.1, -0.05) is 0 Å². The monoisotopic (exact) mass is 516 g/mol. The zero-order valence-corrected chi connectivity index (χ0v) is 25.2. The highest BCUT2D eigenvalue weighted by atomic mass is 16.2. The number of hydrogen-bond acceptors (Lipinski definition) is 7. The van der Waals surface area contributed by atoms with Crippen molar-refractivity contribution in [3.05, 3.63) is 0 Å². The van der Waals surface area contributed by atoms with Crippen molar-refractivity contribution in [3.63, 3.8) is 0 Å². The number of likely N-dealkylation sites (tertiary alicyclic amines) is 2. The molecule has 2 amide bonds. The maximum Gasteiger partial charge on any atom is 0.324 e. The molecule has 9 nitrogen and oxygen atoms in total. The van der Waals surface area contributed by atoms with Crippen LogP contribution in [0.2, 0.25) is 0 Å². The lowest BCUT2D eigenvalue weighted by Crippen LogP contribution is -2.67. The van der Waals surface area contributed by atoms with Crippen LogP contribution in [0, 0.1) is 0 Å². The fourth-order valence-corrected chi connectivity index (χ4v) is 8.99. The van der Waals surface area contributed by atoms with E-state index in [1.165, 1.54) is 0 Å². The molecule has 0 saturated carbocycles. The van der Waals surface area contributed by atoms with Gasteiger partial charge in [-0.2, -0.15) is 0 Å². The average molecular weight is 517 g/mol. The van der Waals surface area contributed by atoms with Crippen molar-refractivity contribution in [2.45, 2.75) is 128 Å². The second kappa shape index (κ2) is 8.04. The maximum atomic E-state index is 13.9. The molecule has 6 fully saturated rings. The van der Waals surface area contributed by atoms with E-state index in [1.54, 1.807) is 0 Å². The third kappa shape index (κ3) is 3.90. The van der Waals surface area contributed by atoms with Crippen LogP contribution in [0.15, 0.2) is 0 Å². The van der Waals surface area contributed by atoms with E-state index < -0.39 is 0 Å². The van der Waals surface area contributed by atoms with Crippen LogP contribution in [0.3, 0.4) is 0 Å². The summed E-state index contributed by atoms with van der Waals surface area (Å²) >= 11 is 0. The van der Waals surface area contributed by atoms with Crippen molar-refractivity contribution in [2.24, 2.45) is 0 Å². The minimum absolute atomic E-state index is 0.144. The van der Waals surface area contributed by atoms with Crippen LogP contribution in [0.5, 0.6) is 0 Å². The van der Waals surface area contributed by atoms with Gasteiger partial charge >= 0.3 is 6.03 Å². The van der Waals surface area contributed by atoms with Crippen LogP contribution in [-0.4, -0.2) is 139 Å². The first-order valence-corrected chi connectivity index (χ1v) is 14.5. The van der Waals surface area contributed by atoms with Crippen molar-refractivity contribution >= 4 is 6.03 Å². The number of carbonyl (C=O) groups excluding carboxylic acids is 1. The highest BCUT2D eigenvalue weighted by molar-refractivity contribution is 5.78. The SMILES string of the molecule is CN1C(C)(C)CC(N2CN3CN4CN(C5CC(C)(C)N(C)C(C)(C)C5)CN5C(=O)N(C2)C3C45)CC1(C)C. The van der Waals surface area contributed by atoms with E-state index in [9.17, 15) is 4.79 Å². The van der Waals surface area contributed by atoms with Gasteiger partial charge in [-0.3, -0.25) is 39.2 Å². The fourth-order valence-electron chi connectivity index (χ4n) is 8.99. The fraction of sp³-hybridized carbons (Fsp3) is 0.964. The van der Waals surface area contributed by atoms with E-state index >= 15 is 0 Å².